The summed E-state index contributed by atoms with van der Waals surface area (Å²) >= 11 is 0. The lowest BCUT2D eigenvalue weighted by molar-refractivity contribution is 0.0790. The van der Waals surface area contributed by atoms with E-state index in [1.807, 2.05) is 50.2 Å². The number of carbonyl (C=O) groups is 1. The lowest BCUT2D eigenvalue weighted by atomic mass is 10.1. The number of hydrogen-bond donors (Lipinski definition) is 0. The Morgan fingerprint density at radius 1 is 1.17 bits per heavy atom. The Bertz CT molecular complexity index is 981. The van der Waals surface area contributed by atoms with Gasteiger partial charge in [0.1, 0.15) is 5.69 Å². The highest BCUT2D eigenvalue weighted by atomic mass is 16.4. The van der Waals surface area contributed by atoms with E-state index in [9.17, 15) is 4.79 Å². The van der Waals surface area contributed by atoms with Crippen molar-refractivity contribution in [2.75, 3.05) is 27.2 Å². The van der Waals surface area contributed by atoms with Gasteiger partial charge in [0.15, 0.2) is 0 Å². The van der Waals surface area contributed by atoms with Crippen molar-refractivity contribution in [1.29, 1.82) is 0 Å². The first-order valence-corrected chi connectivity index (χ1v) is 9.65. The molecule has 0 spiro atoms. The van der Waals surface area contributed by atoms with Crippen LogP contribution in [0.15, 0.2) is 41.1 Å². The largest absolute Gasteiger partial charge is 0.419 e. The van der Waals surface area contributed by atoms with Crippen LogP contribution in [-0.4, -0.2) is 63.1 Å². The average Bonchev–Trinajstić information content (AvgIpc) is 3.38. The van der Waals surface area contributed by atoms with E-state index in [1.165, 1.54) is 5.56 Å². The number of nitrogens with zero attached hydrogens (tertiary/aromatic N) is 6. The van der Waals surface area contributed by atoms with Crippen molar-refractivity contribution in [3.05, 3.63) is 59.4 Å². The van der Waals surface area contributed by atoms with Crippen LogP contribution in [0.4, 0.5) is 0 Å². The summed E-state index contributed by atoms with van der Waals surface area (Å²) in [5.74, 6) is 0.965. The molecular weight excluding hydrogens is 368 g/mol. The van der Waals surface area contributed by atoms with Crippen molar-refractivity contribution < 1.29 is 9.21 Å². The second-order valence-electron chi connectivity index (χ2n) is 7.66. The van der Waals surface area contributed by atoms with Crippen LogP contribution in [0.25, 0.3) is 11.6 Å². The van der Waals surface area contributed by atoms with Gasteiger partial charge in [-0.2, -0.15) is 0 Å². The van der Waals surface area contributed by atoms with Crippen LogP contribution >= 0.6 is 0 Å². The predicted molar refractivity (Wildman–Crippen MR) is 107 cm³/mol. The fourth-order valence-electron chi connectivity index (χ4n) is 3.45. The normalized spacial score (nSPS) is 16.6. The van der Waals surface area contributed by atoms with Gasteiger partial charge in [-0.05, 0) is 45.1 Å². The number of aryl methyl sites for hydroxylation is 1. The highest BCUT2D eigenvalue weighted by Gasteiger charge is 2.31. The SMILES string of the molecule is Cc1cnc(-c2nnc([C@H]3CCN(C(=O)c4ccc(CN(C)C)cc4)C3)o2)cn1. The van der Waals surface area contributed by atoms with Crippen LogP contribution in [0.1, 0.15) is 39.8 Å². The number of rotatable bonds is 5. The van der Waals surface area contributed by atoms with Crippen molar-refractivity contribution in [3.8, 4) is 11.6 Å². The van der Waals surface area contributed by atoms with Gasteiger partial charge in [-0.3, -0.25) is 9.78 Å². The lowest BCUT2D eigenvalue weighted by Gasteiger charge is -2.16. The number of amides is 1. The Kier molecular flexibility index (Phi) is 5.35. The van der Waals surface area contributed by atoms with Crippen molar-refractivity contribution in [1.82, 2.24) is 30.0 Å². The Morgan fingerprint density at radius 2 is 1.97 bits per heavy atom. The molecule has 3 aromatic rings. The summed E-state index contributed by atoms with van der Waals surface area (Å²) < 4.78 is 5.81. The number of benzene rings is 1. The van der Waals surface area contributed by atoms with Gasteiger partial charge in [-0.25, -0.2) is 4.98 Å². The summed E-state index contributed by atoms with van der Waals surface area (Å²) in [4.78, 5) is 25.3. The third-order valence-electron chi connectivity index (χ3n) is 4.97. The molecule has 4 rings (SSSR count). The van der Waals surface area contributed by atoms with E-state index in [0.29, 0.717) is 36.1 Å². The first-order chi connectivity index (χ1) is 14.0. The molecule has 1 fully saturated rings. The fraction of sp³-hybridized carbons (Fsp3) is 0.381. The first-order valence-electron chi connectivity index (χ1n) is 9.65. The molecular formula is C21H24N6O2. The summed E-state index contributed by atoms with van der Waals surface area (Å²) in [5, 5.41) is 8.27. The monoisotopic (exact) mass is 392 g/mol. The molecule has 29 heavy (non-hydrogen) atoms. The van der Waals surface area contributed by atoms with Crippen molar-refractivity contribution >= 4 is 5.91 Å². The number of likely N-dealkylation sites (tertiary alicyclic amines) is 1. The molecule has 1 aliphatic rings. The molecule has 3 heterocycles. The lowest BCUT2D eigenvalue weighted by Crippen LogP contribution is -2.28. The maximum absolute atomic E-state index is 12.8. The maximum atomic E-state index is 12.8. The van der Waals surface area contributed by atoms with E-state index in [2.05, 4.69) is 25.1 Å². The van der Waals surface area contributed by atoms with Gasteiger partial charge in [-0.1, -0.05) is 12.1 Å². The Labute approximate surface area is 169 Å². The predicted octanol–water partition coefficient (Wildman–Crippen LogP) is 2.53. The molecule has 1 aliphatic heterocycles. The third-order valence-corrected chi connectivity index (χ3v) is 4.97. The van der Waals surface area contributed by atoms with Gasteiger partial charge in [0.05, 0.1) is 17.8 Å². The second kappa shape index (κ2) is 8.08. The van der Waals surface area contributed by atoms with E-state index in [-0.39, 0.29) is 11.8 Å². The molecule has 1 atom stereocenters. The van der Waals surface area contributed by atoms with Gasteiger partial charge in [-0.15, -0.1) is 10.2 Å². The molecule has 0 aliphatic carbocycles. The summed E-state index contributed by atoms with van der Waals surface area (Å²) in [6, 6.07) is 7.81. The Hall–Kier alpha value is -3.13. The minimum absolute atomic E-state index is 0.0339. The van der Waals surface area contributed by atoms with Crippen LogP contribution in [0.2, 0.25) is 0 Å². The number of aromatic nitrogens is 4. The summed E-state index contributed by atoms with van der Waals surface area (Å²) in [5.41, 5.74) is 3.27. The average molecular weight is 392 g/mol. The molecule has 8 heteroatoms. The molecule has 1 saturated heterocycles. The minimum atomic E-state index is 0.0339. The molecule has 8 nitrogen and oxygen atoms in total. The van der Waals surface area contributed by atoms with Crippen molar-refractivity contribution in [2.45, 2.75) is 25.8 Å². The van der Waals surface area contributed by atoms with Crippen molar-refractivity contribution in [2.24, 2.45) is 0 Å². The van der Waals surface area contributed by atoms with E-state index in [0.717, 1.165) is 18.7 Å². The summed E-state index contributed by atoms with van der Waals surface area (Å²) in [7, 11) is 4.05. The van der Waals surface area contributed by atoms with Gasteiger partial charge in [0.2, 0.25) is 5.89 Å². The molecule has 1 aromatic carbocycles. The second-order valence-corrected chi connectivity index (χ2v) is 7.66. The van der Waals surface area contributed by atoms with E-state index >= 15 is 0 Å². The van der Waals surface area contributed by atoms with E-state index in [4.69, 9.17) is 4.42 Å². The van der Waals surface area contributed by atoms with Crippen LogP contribution in [0.5, 0.6) is 0 Å². The minimum Gasteiger partial charge on any atom is -0.419 e. The topological polar surface area (TPSA) is 88.3 Å². The molecule has 1 amide bonds. The Balaban J connectivity index is 1.41. The van der Waals surface area contributed by atoms with Gasteiger partial charge in [0.25, 0.3) is 11.8 Å². The zero-order chi connectivity index (χ0) is 20.4. The standard InChI is InChI=1S/C21H24N6O2/c1-14-10-23-18(11-22-14)20-25-24-19(29-20)17-8-9-27(13-17)21(28)16-6-4-15(5-7-16)12-26(2)3/h4-7,10-11,17H,8-9,12-13H2,1-3H3/t17-/m0/s1. The van der Waals surface area contributed by atoms with Gasteiger partial charge < -0.3 is 14.2 Å². The molecule has 0 N–H and O–H groups in total. The van der Waals surface area contributed by atoms with Crippen LogP contribution in [-0.2, 0) is 6.54 Å². The van der Waals surface area contributed by atoms with Gasteiger partial charge in [0, 0.05) is 31.4 Å². The zero-order valence-corrected chi connectivity index (χ0v) is 16.9. The number of carbonyl (C=O) groups excluding carboxylic acids is 1. The van der Waals surface area contributed by atoms with Crippen LogP contribution < -0.4 is 0 Å². The zero-order valence-electron chi connectivity index (χ0n) is 16.9. The maximum Gasteiger partial charge on any atom is 0.267 e. The van der Waals surface area contributed by atoms with E-state index in [1.54, 1.807) is 12.4 Å². The first kappa shape index (κ1) is 19.2. The third kappa shape index (κ3) is 4.32. The molecule has 2 aromatic heterocycles. The van der Waals surface area contributed by atoms with Crippen LogP contribution in [0, 0.1) is 6.92 Å². The smallest absolute Gasteiger partial charge is 0.267 e. The quantitative estimate of drug-likeness (QED) is 0.659. The van der Waals surface area contributed by atoms with Crippen molar-refractivity contribution in [3.63, 3.8) is 0 Å². The summed E-state index contributed by atoms with van der Waals surface area (Å²) in [6.07, 6.45) is 4.09. The highest BCUT2D eigenvalue weighted by molar-refractivity contribution is 5.94. The molecule has 0 bridgehead atoms. The summed E-state index contributed by atoms with van der Waals surface area (Å²) in [6.45, 7) is 3.96. The molecule has 150 valence electrons. The Morgan fingerprint density at radius 3 is 2.66 bits per heavy atom. The number of hydrogen-bond acceptors (Lipinski definition) is 7. The van der Waals surface area contributed by atoms with Gasteiger partial charge >= 0.3 is 0 Å². The molecule has 0 saturated carbocycles. The van der Waals surface area contributed by atoms with Crippen LogP contribution in [0.3, 0.4) is 0 Å². The fourth-order valence-corrected chi connectivity index (χ4v) is 3.45. The highest BCUT2D eigenvalue weighted by Crippen LogP contribution is 2.29. The van der Waals surface area contributed by atoms with E-state index < -0.39 is 0 Å². The molecule has 0 unspecified atom stereocenters. The molecule has 0 radical (unpaired) electrons.